The highest BCUT2D eigenvalue weighted by Crippen LogP contribution is 2.27. The molecular weight excluding hydrogens is 280 g/mol. The largest absolute Gasteiger partial charge is 0.284 e. The molecule has 0 saturated heterocycles. The molecule has 0 aliphatic carbocycles. The Morgan fingerprint density at radius 2 is 1.84 bits per heavy atom. The maximum absolute atomic E-state index is 12.5. The smallest absolute Gasteiger partial charge is 0.199 e. The van der Waals surface area contributed by atoms with Crippen LogP contribution in [-0.2, 0) is 10.0 Å². The van der Waals surface area contributed by atoms with Gasteiger partial charge in [-0.15, -0.1) is 15.4 Å². The molecule has 0 aliphatic rings. The first-order valence-corrected chi connectivity index (χ1v) is 8.00. The number of aryl methyl sites for hydroxylation is 2. The third kappa shape index (κ3) is 1.97. The van der Waals surface area contributed by atoms with E-state index >= 15 is 0 Å². The average molecular weight is 292 g/mol. The van der Waals surface area contributed by atoms with E-state index in [1.165, 1.54) is 11.3 Å². The summed E-state index contributed by atoms with van der Waals surface area (Å²) in [5, 5.41) is 4.87. The van der Waals surface area contributed by atoms with Gasteiger partial charge in [0.15, 0.2) is 0 Å². The van der Waals surface area contributed by atoms with Crippen molar-refractivity contribution in [1.29, 1.82) is 0 Å². The van der Waals surface area contributed by atoms with Crippen molar-refractivity contribution in [2.75, 3.05) is 0 Å². The standard InChI is InChI=1S/C13H12N2O2S2/c1-9-3-5-12(6-4-9)19(16,17)15-13-11(8-14-15)7-10(2)18-13/h3-8H,1-2H3. The Balaban J connectivity index is 2.21. The molecule has 3 rings (SSSR count). The normalized spacial score (nSPS) is 12.1. The molecule has 6 heteroatoms. The molecule has 0 spiro atoms. The van der Waals surface area contributed by atoms with Crippen LogP contribution in [0.2, 0.25) is 0 Å². The molecule has 1 aromatic carbocycles. The minimum atomic E-state index is -3.61. The Hall–Kier alpha value is -1.66. The first kappa shape index (κ1) is 12.4. The molecule has 0 amide bonds. The predicted octanol–water partition coefficient (Wildman–Crippen LogP) is 2.95. The fraction of sp³-hybridized carbons (Fsp3) is 0.154. The van der Waals surface area contributed by atoms with Gasteiger partial charge in [0.25, 0.3) is 10.0 Å². The van der Waals surface area contributed by atoms with Crippen LogP contribution in [-0.4, -0.2) is 17.6 Å². The topological polar surface area (TPSA) is 52.0 Å². The quantitative estimate of drug-likeness (QED) is 0.729. The zero-order valence-corrected chi connectivity index (χ0v) is 12.1. The van der Waals surface area contributed by atoms with Gasteiger partial charge in [0, 0.05) is 10.3 Å². The molecule has 0 radical (unpaired) electrons. The monoisotopic (exact) mass is 292 g/mol. The second kappa shape index (κ2) is 4.18. The molecule has 3 aromatic rings. The second-order valence-corrected chi connectivity index (χ2v) is 7.43. The van der Waals surface area contributed by atoms with Gasteiger partial charge in [0.05, 0.1) is 11.1 Å². The Morgan fingerprint density at radius 1 is 1.16 bits per heavy atom. The Bertz CT molecular complexity index is 843. The fourth-order valence-corrected chi connectivity index (χ4v) is 4.34. The lowest BCUT2D eigenvalue weighted by atomic mass is 10.2. The van der Waals surface area contributed by atoms with Gasteiger partial charge in [-0.25, -0.2) is 0 Å². The van der Waals surface area contributed by atoms with Crippen LogP contribution >= 0.6 is 11.3 Å². The molecule has 0 N–H and O–H groups in total. The van der Waals surface area contributed by atoms with Crippen molar-refractivity contribution in [2.24, 2.45) is 0 Å². The van der Waals surface area contributed by atoms with Crippen molar-refractivity contribution in [3.05, 3.63) is 47.0 Å². The van der Waals surface area contributed by atoms with Crippen LogP contribution in [0.25, 0.3) is 10.2 Å². The lowest BCUT2D eigenvalue weighted by Crippen LogP contribution is -2.13. The zero-order chi connectivity index (χ0) is 13.6. The van der Waals surface area contributed by atoms with Crippen molar-refractivity contribution in [1.82, 2.24) is 9.19 Å². The third-order valence-electron chi connectivity index (χ3n) is 2.89. The van der Waals surface area contributed by atoms with Crippen LogP contribution in [0, 0.1) is 13.8 Å². The number of hydrogen-bond acceptors (Lipinski definition) is 4. The summed E-state index contributed by atoms with van der Waals surface area (Å²) in [4.78, 5) is 1.99. The molecule has 0 fully saturated rings. The molecule has 4 nitrogen and oxygen atoms in total. The minimum absolute atomic E-state index is 0.258. The number of nitrogens with zero attached hydrogens (tertiary/aromatic N) is 2. The summed E-state index contributed by atoms with van der Waals surface area (Å²) >= 11 is 1.43. The maximum Gasteiger partial charge on any atom is 0.284 e. The molecule has 19 heavy (non-hydrogen) atoms. The molecule has 2 aromatic heterocycles. The molecule has 0 aliphatic heterocycles. The number of aromatic nitrogens is 2. The molecule has 0 saturated carbocycles. The first-order chi connectivity index (χ1) is 8.98. The highest BCUT2D eigenvalue weighted by molar-refractivity contribution is 7.90. The van der Waals surface area contributed by atoms with Gasteiger partial charge in [0.1, 0.15) is 4.83 Å². The van der Waals surface area contributed by atoms with E-state index in [1.54, 1.807) is 30.5 Å². The molecule has 2 heterocycles. The zero-order valence-electron chi connectivity index (χ0n) is 10.5. The summed E-state index contributed by atoms with van der Waals surface area (Å²) in [6.45, 7) is 3.87. The van der Waals surface area contributed by atoms with Crippen LogP contribution < -0.4 is 0 Å². The van der Waals surface area contributed by atoms with Crippen molar-refractivity contribution in [2.45, 2.75) is 18.7 Å². The van der Waals surface area contributed by atoms with Gasteiger partial charge in [-0.1, -0.05) is 17.7 Å². The van der Waals surface area contributed by atoms with Gasteiger partial charge >= 0.3 is 0 Å². The van der Waals surface area contributed by atoms with Gasteiger partial charge < -0.3 is 0 Å². The summed E-state index contributed by atoms with van der Waals surface area (Å²) in [7, 11) is -3.61. The number of fused-ring (bicyclic) bond motifs is 1. The Morgan fingerprint density at radius 3 is 2.53 bits per heavy atom. The van der Waals surface area contributed by atoms with Crippen molar-refractivity contribution in [3.63, 3.8) is 0 Å². The third-order valence-corrected chi connectivity index (χ3v) is 5.64. The summed E-state index contributed by atoms with van der Waals surface area (Å²) in [5.41, 5.74) is 1.02. The number of rotatable bonds is 2. The molecule has 0 atom stereocenters. The highest BCUT2D eigenvalue weighted by Gasteiger charge is 2.21. The van der Waals surface area contributed by atoms with E-state index < -0.39 is 10.0 Å². The van der Waals surface area contributed by atoms with Crippen LogP contribution in [0.1, 0.15) is 10.4 Å². The number of hydrogen-bond donors (Lipinski definition) is 0. The molecular formula is C13H12N2O2S2. The van der Waals surface area contributed by atoms with Gasteiger partial charge in [0.2, 0.25) is 0 Å². The predicted molar refractivity (Wildman–Crippen MR) is 76.1 cm³/mol. The summed E-state index contributed by atoms with van der Waals surface area (Å²) in [6, 6.07) is 8.73. The number of benzene rings is 1. The molecule has 0 unspecified atom stereocenters. The van der Waals surface area contributed by atoms with E-state index in [2.05, 4.69) is 5.10 Å². The van der Waals surface area contributed by atoms with Crippen molar-refractivity contribution in [3.8, 4) is 0 Å². The minimum Gasteiger partial charge on any atom is -0.199 e. The SMILES string of the molecule is Cc1ccc(S(=O)(=O)n2ncc3cc(C)sc32)cc1. The van der Waals surface area contributed by atoms with E-state index in [0.29, 0.717) is 4.83 Å². The number of thiophene rings is 1. The van der Waals surface area contributed by atoms with E-state index in [-0.39, 0.29) is 4.90 Å². The van der Waals surface area contributed by atoms with Gasteiger partial charge in [-0.2, -0.15) is 13.5 Å². The lowest BCUT2D eigenvalue weighted by Gasteiger charge is -2.05. The van der Waals surface area contributed by atoms with Crippen molar-refractivity contribution >= 4 is 31.6 Å². The van der Waals surface area contributed by atoms with E-state index in [4.69, 9.17) is 0 Å². The van der Waals surface area contributed by atoms with Crippen LogP contribution in [0.15, 0.2) is 41.4 Å². The van der Waals surface area contributed by atoms with E-state index in [9.17, 15) is 8.42 Å². The van der Waals surface area contributed by atoms with Crippen LogP contribution in [0.5, 0.6) is 0 Å². The molecule has 0 bridgehead atoms. The van der Waals surface area contributed by atoms with Crippen LogP contribution in [0.3, 0.4) is 0 Å². The lowest BCUT2D eigenvalue weighted by molar-refractivity contribution is 0.582. The summed E-state index contributed by atoms with van der Waals surface area (Å²) in [6.07, 6.45) is 1.59. The first-order valence-electron chi connectivity index (χ1n) is 5.75. The maximum atomic E-state index is 12.5. The van der Waals surface area contributed by atoms with Crippen molar-refractivity contribution < 1.29 is 8.42 Å². The Kier molecular flexibility index (Phi) is 2.72. The summed E-state index contributed by atoms with van der Waals surface area (Å²) in [5.74, 6) is 0. The van der Waals surface area contributed by atoms with Gasteiger partial charge in [-0.3, -0.25) is 0 Å². The van der Waals surface area contributed by atoms with Crippen LogP contribution in [0.4, 0.5) is 0 Å². The second-order valence-electron chi connectivity index (χ2n) is 4.42. The Labute approximate surface area is 115 Å². The summed E-state index contributed by atoms with van der Waals surface area (Å²) < 4.78 is 26.2. The average Bonchev–Trinajstić information content (AvgIpc) is 2.88. The molecule has 98 valence electrons. The highest BCUT2D eigenvalue weighted by atomic mass is 32.2. The fourth-order valence-electron chi connectivity index (χ4n) is 1.91. The van der Waals surface area contributed by atoms with E-state index in [1.807, 2.05) is 19.9 Å². The van der Waals surface area contributed by atoms with E-state index in [0.717, 1.165) is 19.9 Å². The van der Waals surface area contributed by atoms with Gasteiger partial charge in [-0.05, 0) is 32.0 Å².